The second-order valence-corrected chi connectivity index (χ2v) is 6.15. The lowest BCUT2D eigenvalue weighted by molar-refractivity contribution is -0.113. The van der Waals surface area contributed by atoms with E-state index in [1.54, 1.807) is 11.0 Å². The Labute approximate surface area is 150 Å². The van der Waals surface area contributed by atoms with E-state index in [-0.39, 0.29) is 5.91 Å². The lowest BCUT2D eigenvalue weighted by atomic mass is 10.2. The van der Waals surface area contributed by atoms with Crippen molar-refractivity contribution in [1.82, 2.24) is 14.8 Å². The molecule has 6 nitrogen and oxygen atoms in total. The molecule has 1 amide bonds. The minimum absolute atomic E-state index is 0.0774. The zero-order valence-electron chi connectivity index (χ0n) is 13.8. The molecule has 0 aliphatic carbocycles. The first-order chi connectivity index (χ1) is 12.3. The Balaban J connectivity index is 1.60. The number of hydrogen-bond donors (Lipinski definition) is 1. The van der Waals surface area contributed by atoms with Crippen molar-refractivity contribution in [3.8, 4) is 11.4 Å². The molecule has 0 saturated carbocycles. The molecule has 3 aromatic rings. The fourth-order valence-corrected chi connectivity index (χ4v) is 2.94. The summed E-state index contributed by atoms with van der Waals surface area (Å²) < 4.78 is 7.03. The fraction of sp³-hybridized carbons (Fsp3) is 0.167. The van der Waals surface area contributed by atoms with Gasteiger partial charge >= 0.3 is 0 Å². The molecule has 0 bridgehead atoms. The van der Waals surface area contributed by atoms with E-state index in [4.69, 9.17) is 4.74 Å². The van der Waals surface area contributed by atoms with Crippen LogP contribution in [0, 0.1) is 0 Å². The topological polar surface area (TPSA) is 69.0 Å². The van der Waals surface area contributed by atoms with Crippen molar-refractivity contribution >= 4 is 23.4 Å². The van der Waals surface area contributed by atoms with Crippen LogP contribution in [-0.4, -0.2) is 33.0 Å². The zero-order valence-corrected chi connectivity index (χ0v) is 14.6. The highest BCUT2D eigenvalue weighted by Crippen LogP contribution is 2.23. The molecular weight excluding hydrogens is 336 g/mol. The van der Waals surface area contributed by atoms with Crippen LogP contribution in [-0.2, 0) is 4.79 Å². The Bertz CT molecular complexity index is 819. The number of aromatic nitrogens is 3. The lowest BCUT2D eigenvalue weighted by Crippen LogP contribution is -2.15. The van der Waals surface area contributed by atoms with Gasteiger partial charge in [0.15, 0.2) is 0 Å². The zero-order chi connectivity index (χ0) is 17.5. The number of ether oxygens (including phenoxy) is 1. The van der Waals surface area contributed by atoms with E-state index >= 15 is 0 Å². The molecule has 0 saturated heterocycles. The van der Waals surface area contributed by atoms with Crippen molar-refractivity contribution in [1.29, 1.82) is 0 Å². The highest BCUT2D eigenvalue weighted by Gasteiger charge is 2.09. The van der Waals surface area contributed by atoms with Crippen molar-refractivity contribution in [3.05, 3.63) is 61.2 Å². The average molecular weight is 354 g/mol. The van der Waals surface area contributed by atoms with Crippen LogP contribution >= 0.6 is 11.8 Å². The van der Waals surface area contributed by atoms with Crippen molar-refractivity contribution in [2.75, 3.05) is 17.7 Å². The van der Waals surface area contributed by atoms with Gasteiger partial charge in [0, 0.05) is 4.90 Å². The summed E-state index contributed by atoms with van der Waals surface area (Å²) in [4.78, 5) is 17.2. The number of rotatable bonds is 7. The van der Waals surface area contributed by atoms with Crippen molar-refractivity contribution in [2.45, 2.75) is 11.8 Å². The first-order valence-electron chi connectivity index (χ1n) is 7.86. The Morgan fingerprint density at radius 1 is 1.20 bits per heavy atom. The van der Waals surface area contributed by atoms with E-state index in [1.165, 1.54) is 18.1 Å². The van der Waals surface area contributed by atoms with Gasteiger partial charge in [-0.15, -0.1) is 11.8 Å². The third kappa shape index (κ3) is 4.60. The normalized spacial score (nSPS) is 10.4. The molecule has 1 N–H and O–H groups in total. The van der Waals surface area contributed by atoms with Gasteiger partial charge in [-0.3, -0.25) is 4.79 Å². The van der Waals surface area contributed by atoms with Gasteiger partial charge in [0.1, 0.15) is 18.4 Å². The number of thioether (sulfide) groups is 1. The molecule has 0 spiro atoms. The van der Waals surface area contributed by atoms with Gasteiger partial charge in [-0.25, -0.2) is 9.67 Å². The summed E-state index contributed by atoms with van der Waals surface area (Å²) in [5.74, 6) is 1.07. The highest BCUT2D eigenvalue weighted by molar-refractivity contribution is 8.00. The number of hydrogen-bond acceptors (Lipinski definition) is 5. The maximum Gasteiger partial charge on any atom is 0.234 e. The van der Waals surface area contributed by atoms with Crippen LogP contribution in [0.3, 0.4) is 0 Å². The minimum atomic E-state index is -0.0774. The van der Waals surface area contributed by atoms with Crippen LogP contribution in [0.4, 0.5) is 5.69 Å². The number of nitrogens with zero attached hydrogens (tertiary/aromatic N) is 3. The summed E-state index contributed by atoms with van der Waals surface area (Å²) >= 11 is 1.48. The van der Waals surface area contributed by atoms with Crippen LogP contribution in [0.25, 0.3) is 5.69 Å². The molecule has 128 valence electrons. The monoisotopic (exact) mass is 354 g/mol. The van der Waals surface area contributed by atoms with Crippen LogP contribution in [0.5, 0.6) is 5.75 Å². The Morgan fingerprint density at radius 2 is 2.00 bits per heavy atom. The van der Waals surface area contributed by atoms with Crippen LogP contribution in [0.1, 0.15) is 6.92 Å². The molecule has 7 heteroatoms. The van der Waals surface area contributed by atoms with E-state index in [2.05, 4.69) is 15.4 Å². The van der Waals surface area contributed by atoms with Crippen molar-refractivity contribution in [3.63, 3.8) is 0 Å². The number of nitrogens with one attached hydrogen (secondary N) is 1. The molecule has 0 unspecified atom stereocenters. The molecule has 0 aliphatic rings. The van der Waals surface area contributed by atoms with Gasteiger partial charge in [0.05, 0.1) is 23.7 Å². The first-order valence-corrected chi connectivity index (χ1v) is 8.84. The van der Waals surface area contributed by atoms with Crippen LogP contribution in [0.15, 0.2) is 66.1 Å². The summed E-state index contributed by atoms with van der Waals surface area (Å²) in [7, 11) is 0. The molecule has 1 heterocycles. The lowest BCUT2D eigenvalue weighted by Gasteiger charge is -2.10. The quantitative estimate of drug-likeness (QED) is 0.659. The Kier molecular flexibility index (Phi) is 5.69. The maximum atomic E-state index is 12.3. The molecule has 0 radical (unpaired) electrons. The van der Waals surface area contributed by atoms with Crippen LogP contribution in [0.2, 0.25) is 0 Å². The van der Waals surface area contributed by atoms with E-state index in [0.717, 1.165) is 16.3 Å². The number of amides is 1. The summed E-state index contributed by atoms with van der Waals surface area (Å²) in [5.41, 5.74) is 1.48. The summed E-state index contributed by atoms with van der Waals surface area (Å²) in [6.07, 6.45) is 3.06. The molecule has 25 heavy (non-hydrogen) atoms. The third-order valence-corrected chi connectivity index (χ3v) is 4.36. The number of carbonyl (C=O) groups excluding carboxylic acids is 1. The predicted octanol–water partition coefficient (Wildman–Crippen LogP) is 3.40. The fourth-order valence-electron chi connectivity index (χ4n) is 2.25. The van der Waals surface area contributed by atoms with Gasteiger partial charge in [-0.2, -0.15) is 5.10 Å². The maximum absolute atomic E-state index is 12.3. The van der Waals surface area contributed by atoms with Gasteiger partial charge < -0.3 is 10.1 Å². The second-order valence-electron chi connectivity index (χ2n) is 5.10. The van der Waals surface area contributed by atoms with E-state index < -0.39 is 0 Å². The van der Waals surface area contributed by atoms with E-state index in [0.29, 0.717) is 18.0 Å². The number of para-hydroxylation sites is 2. The molecule has 3 rings (SSSR count). The van der Waals surface area contributed by atoms with Crippen LogP contribution < -0.4 is 10.1 Å². The standard InChI is InChI=1S/C18H18N4O2S/c1-2-24-14-7-9-15(10-8-14)25-11-18(23)21-16-5-3-4-6-17(16)22-13-19-12-20-22/h3-10,12-13H,2,11H2,1H3,(H,21,23). The smallest absolute Gasteiger partial charge is 0.234 e. The minimum Gasteiger partial charge on any atom is -0.494 e. The summed E-state index contributed by atoms with van der Waals surface area (Å²) in [6.45, 7) is 2.59. The molecule has 2 aromatic carbocycles. The molecule has 0 aliphatic heterocycles. The highest BCUT2D eigenvalue weighted by atomic mass is 32.2. The van der Waals surface area contributed by atoms with Gasteiger partial charge in [-0.1, -0.05) is 12.1 Å². The van der Waals surface area contributed by atoms with Crippen molar-refractivity contribution < 1.29 is 9.53 Å². The molecule has 0 atom stereocenters. The largest absolute Gasteiger partial charge is 0.494 e. The third-order valence-electron chi connectivity index (χ3n) is 3.35. The number of carbonyl (C=O) groups is 1. The number of anilines is 1. The van der Waals surface area contributed by atoms with Gasteiger partial charge in [0.25, 0.3) is 0 Å². The van der Waals surface area contributed by atoms with Crippen molar-refractivity contribution in [2.24, 2.45) is 0 Å². The first kappa shape index (κ1) is 17.0. The SMILES string of the molecule is CCOc1ccc(SCC(=O)Nc2ccccc2-n2cncn2)cc1. The van der Waals surface area contributed by atoms with Gasteiger partial charge in [-0.05, 0) is 43.3 Å². The van der Waals surface area contributed by atoms with E-state index in [9.17, 15) is 4.79 Å². The average Bonchev–Trinajstić information content (AvgIpc) is 3.16. The molecular formula is C18H18N4O2S. The molecule has 1 aromatic heterocycles. The second kappa shape index (κ2) is 8.34. The Hall–Kier alpha value is -2.80. The molecule has 0 fully saturated rings. The number of benzene rings is 2. The summed E-state index contributed by atoms with van der Waals surface area (Å²) in [5, 5.41) is 7.04. The van der Waals surface area contributed by atoms with E-state index in [1.807, 2.05) is 55.5 Å². The Morgan fingerprint density at radius 3 is 2.72 bits per heavy atom. The van der Waals surface area contributed by atoms with Gasteiger partial charge in [0.2, 0.25) is 5.91 Å². The predicted molar refractivity (Wildman–Crippen MR) is 98.3 cm³/mol. The summed E-state index contributed by atoms with van der Waals surface area (Å²) in [6, 6.07) is 15.2.